The Kier molecular flexibility index (Phi) is 5.75. The molecule has 6 heteroatoms. The van der Waals surface area contributed by atoms with Crippen LogP contribution in [0.2, 0.25) is 0 Å². The van der Waals surface area contributed by atoms with Crippen molar-refractivity contribution in [3.8, 4) is 0 Å². The van der Waals surface area contributed by atoms with Gasteiger partial charge in [-0.25, -0.2) is 13.1 Å². The maximum Gasteiger partial charge on any atom is 0.240 e. The Balaban J connectivity index is 1.95. The molecule has 3 N–H and O–H groups in total. The first kappa shape index (κ1) is 16.4. The van der Waals surface area contributed by atoms with E-state index >= 15 is 0 Å². The monoisotopic (exact) mass is 311 g/mol. The Hall–Kier alpha value is -0.950. The molecule has 1 aromatic carbocycles. The zero-order chi connectivity index (χ0) is 15.3. The summed E-state index contributed by atoms with van der Waals surface area (Å²) in [7, 11) is -1.37. The van der Waals surface area contributed by atoms with Crippen LogP contribution >= 0.6 is 0 Å². The summed E-state index contributed by atoms with van der Waals surface area (Å²) in [6, 6.07) is 7.39. The molecule has 1 saturated heterocycles. The molecule has 0 spiro atoms. The molecule has 0 aliphatic carbocycles. The van der Waals surface area contributed by atoms with Gasteiger partial charge in [-0.3, -0.25) is 0 Å². The fraction of sp³-hybridized carbons (Fsp3) is 0.600. The molecule has 1 atom stereocenters. The van der Waals surface area contributed by atoms with Crippen LogP contribution in [0.5, 0.6) is 0 Å². The highest BCUT2D eigenvalue weighted by atomic mass is 32.2. The normalized spacial score (nSPS) is 20.0. The molecule has 118 valence electrons. The minimum absolute atomic E-state index is 0.309. The number of nitrogens with zero attached hydrogens (tertiary/aromatic N) is 1. The number of nitrogens with one attached hydrogen (secondary N) is 1. The van der Waals surface area contributed by atoms with Crippen molar-refractivity contribution < 1.29 is 8.42 Å². The highest BCUT2D eigenvalue weighted by Gasteiger charge is 2.23. The fourth-order valence-electron chi connectivity index (χ4n) is 2.67. The molecule has 1 aliphatic rings. The van der Waals surface area contributed by atoms with Crippen LogP contribution in [0.4, 0.5) is 0 Å². The number of aryl methyl sites for hydroxylation is 1. The third-order valence-corrected chi connectivity index (χ3v) is 5.52. The van der Waals surface area contributed by atoms with Gasteiger partial charge in [0.25, 0.3) is 0 Å². The molecule has 1 unspecified atom stereocenters. The average molecular weight is 311 g/mol. The lowest BCUT2D eigenvalue weighted by Gasteiger charge is -2.19. The van der Waals surface area contributed by atoms with E-state index in [1.807, 2.05) is 19.2 Å². The Morgan fingerprint density at radius 3 is 2.62 bits per heavy atom. The van der Waals surface area contributed by atoms with Crippen LogP contribution in [-0.2, 0) is 16.4 Å². The molecule has 0 saturated carbocycles. The van der Waals surface area contributed by atoms with Gasteiger partial charge >= 0.3 is 0 Å². The van der Waals surface area contributed by atoms with Crippen molar-refractivity contribution in [2.75, 3.05) is 26.7 Å². The van der Waals surface area contributed by atoms with Crippen molar-refractivity contribution in [1.29, 1.82) is 0 Å². The number of likely N-dealkylation sites (tertiary alicyclic amines) is 1. The Labute approximate surface area is 127 Å². The van der Waals surface area contributed by atoms with Crippen LogP contribution in [-0.4, -0.2) is 46.0 Å². The molecule has 1 heterocycles. The zero-order valence-corrected chi connectivity index (χ0v) is 13.4. The highest BCUT2D eigenvalue weighted by Crippen LogP contribution is 2.16. The van der Waals surface area contributed by atoms with E-state index in [0.29, 0.717) is 24.0 Å². The molecule has 0 bridgehead atoms. The molecule has 1 aliphatic heterocycles. The van der Waals surface area contributed by atoms with E-state index < -0.39 is 10.0 Å². The number of rotatable bonds is 7. The molecule has 5 nitrogen and oxygen atoms in total. The topological polar surface area (TPSA) is 75.4 Å². The first-order valence-corrected chi connectivity index (χ1v) is 9.00. The molecule has 0 aromatic heterocycles. The van der Waals surface area contributed by atoms with Gasteiger partial charge in [0, 0.05) is 12.6 Å². The van der Waals surface area contributed by atoms with Gasteiger partial charge in [-0.05, 0) is 63.5 Å². The number of benzene rings is 1. The summed E-state index contributed by atoms with van der Waals surface area (Å²) < 4.78 is 27.3. The summed E-state index contributed by atoms with van der Waals surface area (Å²) in [4.78, 5) is 2.54. The highest BCUT2D eigenvalue weighted by molar-refractivity contribution is 7.89. The third-order valence-electron chi connectivity index (χ3n) is 4.08. The van der Waals surface area contributed by atoms with Gasteiger partial charge in [0.1, 0.15) is 0 Å². The molecule has 1 aromatic rings. The predicted octanol–water partition coefficient (Wildman–Crippen LogP) is 0.950. The zero-order valence-electron chi connectivity index (χ0n) is 12.6. The van der Waals surface area contributed by atoms with Gasteiger partial charge in [0.2, 0.25) is 10.0 Å². The second-order valence-electron chi connectivity index (χ2n) is 5.66. The SMILES string of the molecule is CN1CCCC1CNS(=O)(=O)c1ccc(CCCN)cc1. The molecular weight excluding hydrogens is 286 g/mol. The Morgan fingerprint density at radius 2 is 2.05 bits per heavy atom. The van der Waals surface area contributed by atoms with Crippen molar-refractivity contribution in [2.24, 2.45) is 5.73 Å². The number of nitrogens with two attached hydrogens (primary N) is 1. The van der Waals surface area contributed by atoms with Crippen LogP contribution in [0.15, 0.2) is 29.2 Å². The second-order valence-corrected chi connectivity index (χ2v) is 7.43. The van der Waals surface area contributed by atoms with Crippen molar-refractivity contribution in [3.63, 3.8) is 0 Å². The smallest absolute Gasteiger partial charge is 0.240 e. The number of hydrogen-bond donors (Lipinski definition) is 2. The molecule has 0 radical (unpaired) electrons. The standard InChI is InChI=1S/C15H25N3O2S/c1-18-11-3-5-14(18)12-17-21(19,20)15-8-6-13(7-9-15)4-2-10-16/h6-9,14,17H,2-5,10-12,16H2,1H3. The van der Waals surface area contributed by atoms with E-state index in [2.05, 4.69) is 9.62 Å². The minimum Gasteiger partial charge on any atom is -0.330 e. The van der Waals surface area contributed by atoms with Crippen molar-refractivity contribution in [1.82, 2.24) is 9.62 Å². The van der Waals surface area contributed by atoms with Crippen LogP contribution in [0, 0.1) is 0 Å². The summed E-state index contributed by atoms with van der Waals surface area (Å²) in [5.74, 6) is 0. The largest absolute Gasteiger partial charge is 0.330 e. The summed E-state index contributed by atoms with van der Waals surface area (Å²) in [5, 5.41) is 0. The molecular formula is C15H25N3O2S. The number of likely N-dealkylation sites (N-methyl/N-ethyl adjacent to an activating group) is 1. The quantitative estimate of drug-likeness (QED) is 0.786. The summed E-state index contributed by atoms with van der Waals surface area (Å²) >= 11 is 0. The molecule has 0 amide bonds. The molecule has 21 heavy (non-hydrogen) atoms. The Morgan fingerprint density at radius 1 is 1.33 bits per heavy atom. The van der Waals surface area contributed by atoms with Crippen LogP contribution in [0.25, 0.3) is 0 Å². The lowest BCUT2D eigenvalue weighted by Crippen LogP contribution is -2.38. The predicted molar refractivity (Wildman–Crippen MR) is 84.7 cm³/mol. The third kappa shape index (κ3) is 4.51. The van der Waals surface area contributed by atoms with E-state index in [0.717, 1.165) is 37.8 Å². The number of hydrogen-bond acceptors (Lipinski definition) is 4. The van der Waals surface area contributed by atoms with Gasteiger partial charge in [-0.2, -0.15) is 0 Å². The summed E-state index contributed by atoms with van der Waals surface area (Å²) in [6.07, 6.45) is 3.99. The molecule has 2 rings (SSSR count). The summed E-state index contributed by atoms with van der Waals surface area (Å²) in [6.45, 7) is 2.17. The van der Waals surface area contributed by atoms with Crippen molar-refractivity contribution in [2.45, 2.75) is 36.6 Å². The minimum atomic E-state index is -3.41. The lowest BCUT2D eigenvalue weighted by molar-refractivity contribution is 0.311. The van der Waals surface area contributed by atoms with E-state index in [1.165, 1.54) is 0 Å². The average Bonchev–Trinajstić information content (AvgIpc) is 2.89. The lowest BCUT2D eigenvalue weighted by atomic mass is 10.1. The fourth-order valence-corrected chi connectivity index (χ4v) is 3.74. The first-order valence-electron chi connectivity index (χ1n) is 7.52. The van der Waals surface area contributed by atoms with E-state index in [1.54, 1.807) is 12.1 Å². The van der Waals surface area contributed by atoms with Gasteiger partial charge in [0.05, 0.1) is 4.90 Å². The maximum absolute atomic E-state index is 12.3. The van der Waals surface area contributed by atoms with E-state index in [9.17, 15) is 8.42 Å². The van der Waals surface area contributed by atoms with Crippen molar-refractivity contribution in [3.05, 3.63) is 29.8 Å². The Bertz CT molecular complexity index is 543. The maximum atomic E-state index is 12.3. The van der Waals surface area contributed by atoms with Crippen molar-refractivity contribution >= 4 is 10.0 Å². The van der Waals surface area contributed by atoms with Crippen LogP contribution in [0.1, 0.15) is 24.8 Å². The first-order chi connectivity index (χ1) is 10.0. The van der Waals surface area contributed by atoms with E-state index in [-0.39, 0.29) is 0 Å². The second kappa shape index (κ2) is 7.35. The van der Waals surface area contributed by atoms with Crippen LogP contribution in [0.3, 0.4) is 0 Å². The van der Waals surface area contributed by atoms with Gasteiger partial charge in [-0.15, -0.1) is 0 Å². The van der Waals surface area contributed by atoms with E-state index in [4.69, 9.17) is 5.73 Å². The van der Waals surface area contributed by atoms with Gasteiger partial charge < -0.3 is 10.6 Å². The van der Waals surface area contributed by atoms with Gasteiger partial charge in [0.15, 0.2) is 0 Å². The van der Waals surface area contributed by atoms with Crippen LogP contribution < -0.4 is 10.5 Å². The number of sulfonamides is 1. The summed E-state index contributed by atoms with van der Waals surface area (Å²) in [5.41, 5.74) is 6.60. The molecule has 1 fully saturated rings. The van der Waals surface area contributed by atoms with Gasteiger partial charge in [-0.1, -0.05) is 12.1 Å².